The van der Waals surface area contributed by atoms with Crippen molar-refractivity contribution in [3.05, 3.63) is 0 Å². The van der Waals surface area contributed by atoms with Gasteiger partial charge in [-0.15, -0.1) is 0 Å². The number of hydrogen-bond donors (Lipinski definition) is 1. The van der Waals surface area contributed by atoms with Crippen LogP contribution in [0, 0.1) is 5.92 Å². The summed E-state index contributed by atoms with van der Waals surface area (Å²) in [6, 6.07) is 0. The monoisotopic (exact) mass is 186 g/mol. The van der Waals surface area contributed by atoms with Crippen LogP contribution in [0.5, 0.6) is 0 Å². The van der Waals surface area contributed by atoms with Gasteiger partial charge in [-0.1, -0.05) is 27.2 Å². The number of nitrogens with two attached hydrogens (primary N) is 1. The standard InChI is InChI=1S/C11H26N2/c1-4-7-13(8-5-2)10-11(6-3)9-12/h11H,4-10,12H2,1-3H3. The second-order valence-electron chi connectivity index (χ2n) is 3.81. The molecule has 0 amide bonds. The van der Waals surface area contributed by atoms with Crippen LogP contribution in [0.3, 0.4) is 0 Å². The number of rotatable bonds is 8. The topological polar surface area (TPSA) is 29.3 Å². The Morgan fingerprint density at radius 3 is 1.92 bits per heavy atom. The van der Waals surface area contributed by atoms with E-state index in [1.54, 1.807) is 0 Å². The summed E-state index contributed by atoms with van der Waals surface area (Å²) in [5, 5.41) is 0. The van der Waals surface area contributed by atoms with Crippen LogP contribution in [-0.2, 0) is 0 Å². The van der Waals surface area contributed by atoms with Gasteiger partial charge in [0.1, 0.15) is 0 Å². The van der Waals surface area contributed by atoms with Crippen LogP contribution in [0.25, 0.3) is 0 Å². The zero-order valence-electron chi connectivity index (χ0n) is 9.55. The largest absolute Gasteiger partial charge is 0.330 e. The van der Waals surface area contributed by atoms with Crippen LogP contribution in [0.15, 0.2) is 0 Å². The van der Waals surface area contributed by atoms with Gasteiger partial charge in [-0.3, -0.25) is 0 Å². The Morgan fingerprint density at radius 1 is 1.08 bits per heavy atom. The zero-order valence-corrected chi connectivity index (χ0v) is 9.55. The molecule has 0 aliphatic carbocycles. The van der Waals surface area contributed by atoms with Crippen molar-refractivity contribution in [2.75, 3.05) is 26.2 Å². The summed E-state index contributed by atoms with van der Waals surface area (Å²) in [6.45, 7) is 11.2. The van der Waals surface area contributed by atoms with E-state index in [1.807, 2.05) is 0 Å². The lowest BCUT2D eigenvalue weighted by Gasteiger charge is -2.25. The zero-order chi connectivity index (χ0) is 10.1. The van der Waals surface area contributed by atoms with E-state index < -0.39 is 0 Å². The van der Waals surface area contributed by atoms with Gasteiger partial charge in [0.05, 0.1) is 0 Å². The summed E-state index contributed by atoms with van der Waals surface area (Å²) < 4.78 is 0. The highest BCUT2D eigenvalue weighted by atomic mass is 15.1. The molecule has 0 rings (SSSR count). The second kappa shape index (κ2) is 8.52. The highest BCUT2D eigenvalue weighted by molar-refractivity contribution is 4.65. The molecule has 0 aromatic heterocycles. The van der Waals surface area contributed by atoms with Crippen molar-refractivity contribution in [3.63, 3.8) is 0 Å². The molecule has 0 fully saturated rings. The van der Waals surface area contributed by atoms with Gasteiger partial charge in [-0.2, -0.15) is 0 Å². The van der Waals surface area contributed by atoms with Crippen molar-refractivity contribution in [3.8, 4) is 0 Å². The molecular weight excluding hydrogens is 160 g/mol. The first-order valence-corrected chi connectivity index (χ1v) is 5.70. The maximum atomic E-state index is 5.70. The molecule has 1 atom stereocenters. The van der Waals surface area contributed by atoms with Crippen LogP contribution >= 0.6 is 0 Å². The minimum Gasteiger partial charge on any atom is -0.330 e. The minimum atomic E-state index is 0.693. The Balaban J connectivity index is 3.76. The Bertz CT molecular complexity index is 94.3. The quantitative estimate of drug-likeness (QED) is 0.629. The molecular formula is C11H26N2. The molecule has 0 saturated carbocycles. The van der Waals surface area contributed by atoms with E-state index in [-0.39, 0.29) is 0 Å². The summed E-state index contributed by atoms with van der Waals surface area (Å²) >= 11 is 0. The molecule has 2 N–H and O–H groups in total. The molecule has 13 heavy (non-hydrogen) atoms. The first-order chi connectivity index (χ1) is 6.28. The first kappa shape index (κ1) is 12.9. The maximum Gasteiger partial charge on any atom is 0.00216 e. The SMILES string of the molecule is CCCN(CCC)CC(CC)CN. The molecule has 0 saturated heterocycles. The lowest BCUT2D eigenvalue weighted by molar-refractivity contribution is 0.230. The summed E-state index contributed by atoms with van der Waals surface area (Å²) in [5.74, 6) is 0.693. The van der Waals surface area contributed by atoms with Crippen LogP contribution in [0.1, 0.15) is 40.0 Å². The molecule has 0 aromatic carbocycles. The molecule has 80 valence electrons. The summed E-state index contributed by atoms with van der Waals surface area (Å²) in [5.41, 5.74) is 5.70. The van der Waals surface area contributed by atoms with Crippen molar-refractivity contribution in [1.82, 2.24) is 4.90 Å². The molecule has 0 spiro atoms. The van der Waals surface area contributed by atoms with Gasteiger partial charge < -0.3 is 10.6 Å². The van der Waals surface area contributed by atoms with Gasteiger partial charge in [0.2, 0.25) is 0 Å². The Morgan fingerprint density at radius 2 is 1.62 bits per heavy atom. The minimum absolute atomic E-state index is 0.693. The van der Waals surface area contributed by atoms with Gasteiger partial charge in [0.25, 0.3) is 0 Å². The highest BCUT2D eigenvalue weighted by Crippen LogP contribution is 2.05. The van der Waals surface area contributed by atoms with Crippen molar-refractivity contribution in [1.29, 1.82) is 0 Å². The van der Waals surface area contributed by atoms with E-state index in [9.17, 15) is 0 Å². The van der Waals surface area contributed by atoms with Gasteiger partial charge in [-0.25, -0.2) is 0 Å². The number of nitrogens with zero attached hydrogens (tertiary/aromatic N) is 1. The van der Waals surface area contributed by atoms with E-state index in [0.717, 1.165) is 6.54 Å². The normalized spacial score (nSPS) is 13.6. The van der Waals surface area contributed by atoms with E-state index in [1.165, 1.54) is 38.9 Å². The molecule has 0 radical (unpaired) electrons. The van der Waals surface area contributed by atoms with E-state index >= 15 is 0 Å². The lowest BCUT2D eigenvalue weighted by Crippen LogP contribution is -2.33. The molecule has 2 nitrogen and oxygen atoms in total. The highest BCUT2D eigenvalue weighted by Gasteiger charge is 2.09. The fourth-order valence-corrected chi connectivity index (χ4v) is 1.66. The third kappa shape index (κ3) is 6.05. The van der Waals surface area contributed by atoms with Gasteiger partial charge in [0.15, 0.2) is 0 Å². The Hall–Kier alpha value is -0.0800. The Kier molecular flexibility index (Phi) is 8.46. The van der Waals surface area contributed by atoms with Crippen LogP contribution in [-0.4, -0.2) is 31.1 Å². The average Bonchev–Trinajstić information content (AvgIpc) is 2.14. The third-order valence-corrected chi connectivity index (χ3v) is 2.51. The van der Waals surface area contributed by atoms with Crippen LogP contribution < -0.4 is 5.73 Å². The molecule has 0 heterocycles. The average molecular weight is 186 g/mol. The van der Waals surface area contributed by atoms with Gasteiger partial charge in [0, 0.05) is 6.54 Å². The lowest BCUT2D eigenvalue weighted by atomic mass is 10.1. The first-order valence-electron chi connectivity index (χ1n) is 5.70. The van der Waals surface area contributed by atoms with Gasteiger partial charge in [-0.05, 0) is 38.4 Å². The van der Waals surface area contributed by atoms with Gasteiger partial charge >= 0.3 is 0 Å². The maximum absolute atomic E-state index is 5.70. The molecule has 0 aromatic rings. The predicted molar refractivity (Wildman–Crippen MR) is 59.9 cm³/mol. The fraction of sp³-hybridized carbons (Fsp3) is 1.00. The van der Waals surface area contributed by atoms with Crippen LogP contribution in [0.2, 0.25) is 0 Å². The molecule has 1 unspecified atom stereocenters. The third-order valence-electron chi connectivity index (χ3n) is 2.51. The summed E-state index contributed by atoms with van der Waals surface area (Å²) in [7, 11) is 0. The van der Waals surface area contributed by atoms with E-state index in [4.69, 9.17) is 5.73 Å². The molecule has 0 bridgehead atoms. The molecule has 0 aliphatic heterocycles. The van der Waals surface area contributed by atoms with E-state index in [0.29, 0.717) is 5.92 Å². The van der Waals surface area contributed by atoms with Crippen molar-refractivity contribution in [2.45, 2.75) is 40.0 Å². The van der Waals surface area contributed by atoms with Crippen molar-refractivity contribution >= 4 is 0 Å². The number of hydrogen-bond acceptors (Lipinski definition) is 2. The van der Waals surface area contributed by atoms with Crippen LogP contribution in [0.4, 0.5) is 0 Å². The van der Waals surface area contributed by atoms with Crippen molar-refractivity contribution in [2.24, 2.45) is 11.7 Å². The summed E-state index contributed by atoms with van der Waals surface area (Å²) in [6.07, 6.45) is 3.71. The van der Waals surface area contributed by atoms with Crippen molar-refractivity contribution < 1.29 is 0 Å². The van der Waals surface area contributed by atoms with E-state index in [2.05, 4.69) is 25.7 Å². The Labute approximate surface area is 83.5 Å². The summed E-state index contributed by atoms with van der Waals surface area (Å²) in [4.78, 5) is 2.54. The molecule has 0 aliphatic rings. The fourth-order valence-electron chi connectivity index (χ4n) is 1.66. The molecule has 2 heteroatoms. The predicted octanol–water partition coefficient (Wildman–Crippen LogP) is 2.09. The second-order valence-corrected chi connectivity index (χ2v) is 3.81. The smallest absolute Gasteiger partial charge is 0.00216 e.